The molecule has 0 bridgehead atoms. The minimum Gasteiger partial charge on any atom is -0.392 e. The molecular weight excluding hydrogens is 148 g/mol. The summed E-state index contributed by atoms with van der Waals surface area (Å²) in [5.74, 6) is 0. The smallest absolute Gasteiger partial charge is 0.0649 e. The van der Waals surface area contributed by atoms with Crippen LogP contribution in [0.5, 0.6) is 0 Å². The lowest BCUT2D eigenvalue weighted by atomic mass is 9.72. The highest BCUT2D eigenvalue weighted by molar-refractivity contribution is 5.23. The summed E-state index contributed by atoms with van der Waals surface area (Å²) in [6.45, 7) is 6.93. The molecule has 0 aromatic heterocycles. The molecule has 0 amide bonds. The summed E-state index contributed by atoms with van der Waals surface area (Å²) in [6.07, 6.45) is 4.83. The SMILES string of the molecule is CCC1=C(CO)C(C)(C)CCC1. The zero-order valence-corrected chi connectivity index (χ0v) is 8.48. The van der Waals surface area contributed by atoms with Gasteiger partial charge in [-0.25, -0.2) is 0 Å². The van der Waals surface area contributed by atoms with Gasteiger partial charge >= 0.3 is 0 Å². The van der Waals surface area contributed by atoms with Gasteiger partial charge in [-0.2, -0.15) is 0 Å². The van der Waals surface area contributed by atoms with Gasteiger partial charge in [-0.05, 0) is 36.7 Å². The van der Waals surface area contributed by atoms with Crippen molar-refractivity contribution in [2.45, 2.75) is 46.5 Å². The number of aliphatic hydroxyl groups is 1. The zero-order chi connectivity index (χ0) is 9.19. The first kappa shape index (κ1) is 9.79. The molecule has 0 atom stereocenters. The van der Waals surface area contributed by atoms with Crippen molar-refractivity contribution in [3.8, 4) is 0 Å². The van der Waals surface area contributed by atoms with Crippen LogP contribution in [-0.2, 0) is 0 Å². The molecule has 0 fully saturated rings. The lowest BCUT2D eigenvalue weighted by molar-refractivity contribution is 0.261. The first-order valence-electron chi connectivity index (χ1n) is 4.94. The molecule has 0 unspecified atom stereocenters. The van der Waals surface area contributed by atoms with Crippen molar-refractivity contribution in [2.24, 2.45) is 5.41 Å². The van der Waals surface area contributed by atoms with Gasteiger partial charge in [0, 0.05) is 0 Å². The van der Waals surface area contributed by atoms with E-state index in [1.807, 2.05) is 0 Å². The van der Waals surface area contributed by atoms with Gasteiger partial charge in [-0.15, -0.1) is 0 Å². The van der Waals surface area contributed by atoms with Crippen LogP contribution in [0.2, 0.25) is 0 Å². The van der Waals surface area contributed by atoms with Crippen molar-refractivity contribution >= 4 is 0 Å². The molecule has 1 aliphatic carbocycles. The van der Waals surface area contributed by atoms with Gasteiger partial charge in [0.15, 0.2) is 0 Å². The van der Waals surface area contributed by atoms with Crippen LogP contribution < -0.4 is 0 Å². The molecule has 0 aromatic rings. The second-order valence-electron chi connectivity index (χ2n) is 4.33. The predicted octanol–water partition coefficient (Wildman–Crippen LogP) is 2.90. The van der Waals surface area contributed by atoms with E-state index in [0.29, 0.717) is 0 Å². The number of hydrogen-bond acceptors (Lipinski definition) is 1. The Kier molecular flexibility index (Phi) is 2.94. The topological polar surface area (TPSA) is 20.2 Å². The van der Waals surface area contributed by atoms with Gasteiger partial charge in [-0.1, -0.05) is 26.3 Å². The quantitative estimate of drug-likeness (QED) is 0.629. The van der Waals surface area contributed by atoms with E-state index in [1.54, 1.807) is 0 Å². The summed E-state index contributed by atoms with van der Waals surface area (Å²) in [7, 11) is 0. The Hall–Kier alpha value is -0.300. The molecule has 1 aliphatic rings. The third-order valence-electron chi connectivity index (χ3n) is 3.11. The summed E-state index contributed by atoms with van der Waals surface area (Å²) in [5, 5.41) is 9.27. The minimum atomic E-state index is 0.248. The fourth-order valence-electron chi connectivity index (χ4n) is 2.24. The van der Waals surface area contributed by atoms with Crippen molar-refractivity contribution < 1.29 is 5.11 Å². The number of rotatable bonds is 2. The maximum absolute atomic E-state index is 9.27. The highest BCUT2D eigenvalue weighted by Crippen LogP contribution is 2.40. The van der Waals surface area contributed by atoms with Gasteiger partial charge in [0.25, 0.3) is 0 Å². The van der Waals surface area contributed by atoms with Crippen molar-refractivity contribution in [3.63, 3.8) is 0 Å². The first-order chi connectivity index (χ1) is 5.61. The Labute approximate surface area is 75.5 Å². The average molecular weight is 168 g/mol. The summed E-state index contributed by atoms with van der Waals surface area (Å²) in [5.41, 5.74) is 3.04. The Morgan fingerprint density at radius 1 is 1.42 bits per heavy atom. The summed E-state index contributed by atoms with van der Waals surface area (Å²) >= 11 is 0. The lowest BCUT2D eigenvalue weighted by Gasteiger charge is -2.34. The molecule has 0 saturated heterocycles. The maximum Gasteiger partial charge on any atom is 0.0649 e. The van der Waals surface area contributed by atoms with E-state index < -0.39 is 0 Å². The van der Waals surface area contributed by atoms with E-state index >= 15 is 0 Å². The highest BCUT2D eigenvalue weighted by Gasteiger charge is 2.28. The number of allylic oxidation sites excluding steroid dienone is 1. The van der Waals surface area contributed by atoms with E-state index in [0.717, 1.165) is 6.42 Å². The molecule has 70 valence electrons. The molecule has 12 heavy (non-hydrogen) atoms. The normalized spacial score (nSPS) is 23.0. The third kappa shape index (κ3) is 1.71. The molecule has 0 aliphatic heterocycles. The molecule has 1 N–H and O–H groups in total. The Morgan fingerprint density at radius 3 is 2.50 bits per heavy atom. The van der Waals surface area contributed by atoms with Crippen LogP contribution in [0.15, 0.2) is 11.1 Å². The molecule has 0 heterocycles. The first-order valence-corrected chi connectivity index (χ1v) is 4.94. The van der Waals surface area contributed by atoms with Crippen LogP contribution in [-0.4, -0.2) is 11.7 Å². The number of hydrogen-bond donors (Lipinski definition) is 1. The van der Waals surface area contributed by atoms with E-state index in [2.05, 4.69) is 20.8 Å². The largest absolute Gasteiger partial charge is 0.392 e. The maximum atomic E-state index is 9.27. The monoisotopic (exact) mass is 168 g/mol. The average Bonchev–Trinajstić information content (AvgIpc) is 2.02. The van der Waals surface area contributed by atoms with E-state index in [-0.39, 0.29) is 12.0 Å². The molecule has 0 radical (unpaired) electrons. The lowest BCUT2D eigenvalue weighted by Crippen LogP contribution is -2.23. The molecular formula is C11H20O. The van der Waals surface area contributed by atoms with Crippen molar-refractivity contribution in [1.82, 2.24) is 0 Å². The van der Waals surface area contributed by atoms with Crippen LogP contribution in [0, 0.1) is 5.41 Å². The van der Waals surface area contributed by atoms with Crippen molar-refractivity contribution in [3.05, 3.63) is 11.1 Å². The van der Waals surface area contributed by atoms with E-state index in [1.165, 1.54) is 30.4 Å². The predicted molar refractivity (Wildman–Crippen MR) is 52.0 cm³/mol. The highest BCUT2D eigenvalue weighted by atomic mass is 16.3. The third-order valence-corrected chi connectivity index (χ3v) is 3.11. The van der Waals surface area contributed by atoms with Crippen molar-refractivity contribution in [1.29, 1.82) is 0 Å². The Morgan fingerprint density at radius 2 is 2.08 bits per heavy atom. The summed E-state index contributed by atoms with van der Waals surface area (Å²) < 4.78 is 0. The molecule has 1 rings (SSSR count). The zero-order valence-electron chi connectivity index (χ0n) is 8.48. The molecule has 0 spiro atoms. The molecule has 1 nitrogen and oxygen atoms in total. The van der Waals surface area contributed by atoms with Crippen LogP contribution in [0.25, 0.3) is 0 Å². The molecule has 1 heteroatoms. The second-order valence-corrected chi connectivity index (χ2v) is 4.33. The summed E-state index contributed by atoms with van der Waals surface area (Å²) in [6, 6.07) is 0. The van der Waals surface area contributed by atoms with Crippen LogP contribution in [0.1, 0.15) is 46.5 Å². The van der Waals surface area contributed by atoms with Crippen molar-refractivity contribution in [2.75, 3.05) is 6.61 Å². The van der Waals surface area contributed by atoms with E-state index in [9.17, 15) is 5.11 Å². The Balaban J connectivity index is 2.94. The number of aliphatic hydroxyl groups excluding tert-OH is 1. The molecule has 0 aromatic carbocycles. The van der Waals surface area contributed by atoms with Crippen LogP contribution >= 0.6 is 0 Å². The Bertz CT molecular complexity index is 189. The fraction of sp³-hybridized carbons (Fsp3) is 0.818. The van der Waals surface area contributed by atoms with Crippen LogP contribution in [0.3, 0.4) is 0 Å². The standard InChI is InChI=1S/C11H20O/c1-4-9-6-5-7-11(2,3)10(9)8-12/h12H,4-8H2,1-3H3. The fourth-order valence-corrected chi connectivity index (χ4v) is 2.24. The van der Waals surface area contributed by atoms with Gasteiger partial charge in [0.05, 0.1) is 6.61 Å². The summed E-state index contributed by atoms with van der Waals surface area (Å²) in [4.78, 5) is 0. The van der Waals surface area contributed by atoms with Crippen LogP contribution in [0.4, 0.5) is 0 Å². The minimum absolute atomic E-state index is 0.248. The van der Waals surface area contributed by atoms with Gasteiger partial charge in [0.2, 0.25) is 0 Å². The van der Waals surface area contributed by atoms with Gasteiger partial charge in [-0.3, -0.25) is 0 Å². The van der Waals surface area contributed by atoms with E-state index in [4.69, 9.17) is 0 Å². The second kappa shape index (κ2) is 3.61. The van der Waals surface area contributed by atoms with Gasteiger partial charge in [0.1, 0.15) is 0 Å². The molecule has 0 saturated carbocycles. The van der Waals surface area contributed by atoms with Gasteiger partial charge < -0.3 is 5.11 Å².